The molecule has 0 aliphatic heterocycles. The predicted molar refractivity (Wildman–Crippen MR) is 213 cm³/mol. The highest BCUT2D eigenvalue weighted by Crippen LogP contribution is 2.27. The zero-order chi connectivity index (χ0) is 42.7. The molecule has 0 heterocycles. The number of aromatic hydroxyl groups is 1. The van der Waals surface area contributed by atoms with Crippen LogP contribution < -0.4 is 15.2 Å². The van der Waals surface area contributed by atoms with Crippen molar-refractivity contribution in [3.05, 3.63) is 101 Å². The normalized spacial score (nSPS) is 14.0. The maximum absolute atomic E-state index is 12.4. The minimum Gasteiger partial charge on any atom is -0.668 e. The van der Waals surface area contributed by atoms with E-state index in [0.29, 0.717) is 17.7 Å². The van der Waals surface area contributed by atoms with Gasteiger partial charge in [0.15, 0.2) is 0 Å². The average Bonchev–Trinajstić information content (AvgIpc) is 3.13. The molecule has 18 heteroatoms. The molecule has 7 N–H and O–H groups in total. The highest BCUT2D eigenvalue weighted by Gasteiger charge is 2.25. The SMILES string of the molecule is [2H]C(=O)[C@@H](CSSC[C@H](C)C(=O)C[C@@H](Cc1ccc(O)cc1)C(=O)O)NC(C)=O.[NH-][C@@H](Cc1ccc(OS(=O)(=O)O)cc1)C(=O)C[C@@H](Cc1ccccc1)C(N)=O. The third kappa shape index (κ3) is 19.2. The van der Waals surface area contributed by atoms with E-state index in [-0.39, 0.29) is 54.6 Å². The number of Topliss-reactive ketones (excluding diaryl/α,β-unsaturated/α-hetero) is 2. The van der Waals surface area contributed by atoms with Crippen molar-refractivity contribution >= 4 is 67.6 Å². The maximum Gasteiger partial charge on any atom is 0.446 e. The second-order valence-corrected chi connectivity index (χ2v) is 16.4. The number of carbonyl (C=O) groups is 6. The standard InChI is InChI=1S/C19H21N2O6S.C19H25NO6S2/c20-17(11-14-6-8-16(9-7-14)27-28(24,25)26)18(22)12-15(19(21)23)10-13-4-2-1-3-5-13;1-12(10-27-28-11-16(9-21)20-13(2)22)18(24)8-15(19(25)26)7-14-3-5-17(23)6-4-14/h1-9,15,17,20H,10-12H2,(H2,21,23)(H,24,25,26);3-6,9,12,15-16,23H,7-8,10-11H2,1-2H3,(H,20,22)(H,25,26)/q-1;/t15-,17+;12-,15+,16-/m10/s1/i;9D. The quantitative estimate of drug-likeness (QED) is 0.0383. The Balaban J connectivity index is 0.000000394. The zero-order valence-electron chi connectivity index (χ0n) is 31.7. The first-order valence-corrected chi connectivity index (χ1v) is 21.0. The van der Waals surface area contributed by atoms with Crippen molar-refractivity contribution in [3.63, 3.8) is 0 Å². The lowest BCUT2D eigenvalue weighted by atomic mass is 9.90. The van der Waals surface area contributed by atoms with Crippen molar-refractivity contribution in [1.82, 2.24) is 5.32 Å². The topological polar surface area (TPSA) is 268 Å². The number of nitrogens with two attached hydrogens (primary N) is 1. The van der Waals surface area contributed by atoms with Crippen LogP contribution >= 0.6 is 21.6 Å². The summed E-state index contributed by atoms with van der Waals surface area (Å²) >= 11 is 0. The summed E-state index contributed by atoms with van der Waals surface area (Å²) in [7, 11) is -2.00. The van der Waals surface area contributed by atoms with Crippen LogP contribution in [0.4, 0.5) is 0 Å². The molecule has 0 aliphatic carbocycles. The molecule has 0 fully saturated rings. The van der Waals surface area contributed by atoms with E-state index in [1.54, 1.807) is 19.1 Å². The fraction of sp³-hybridized carbons (Fsp3) is 0.368. The van der Waals surface area contributed by atoms with Crippen LogP contribution in [0.1, 0.15) is 44.8 Å². The summed E-state index contributed by atoms with van der Waals surface area (Å²) in [5.74, 6) is -3.87. The third-order valence-electron chi connectivity index (χ3n) is 8.05. The second kappa shape index (κ2) is 24.0. The fourth-order valence-electron chi connectivity index (χ4n) is 5.03. The summed E-state index contributed by atoms with van der Waals surface area (Å²) in [6.45, 7) is 2.99. The van der Waals surface area contributed by atoms with Crippen LogP contribution in [0.3, 0.4) is 0 Å². The largest absolute Gasteiger partial charge is 0.668 e. The molecule has 2 amide bonds. The Morgan fingerprint density at radius 2 is 1.38 bits per heavy atom. The van der Waals surface area contributed by atoms with E-state index in [2.05, 4.69) is 9.50 Å². The summed E-state index contributed by atoms with van der Waals surface area (Å²) in [4.78, 5) is 70.2. The van der Waals surface area contributed by atoms with Crippen molar-refractivity contribution in [2.24, 2.45) is 23.5 Å². The van der Waals surface area contributed by atoms with Gasteiger partial charge in [-0.25, -0.2) is 0 Å². The first kappa shape index (κ1) is 45.6. The monoisotopic (exact) mass is 833 g/mol. The molecule has 3 aromatic rings. The predicted octanol–water partition coefficient (Wildman–Crippen LogP) is 4.45. The Morgan fingerprint density at radius 1 is 0.857 bits per heavy atom. The van der Waals surface area contributed by atoms with Crippen molar-refractivity contribution in [3.8, 4) is 11.5 Å². The number of aldehydes is 1. The number of rotatable bonds is 23. The first-order valence-electron chi connectivity index (χ1n) is 17.6. The number of hydrogen-bond acceptors (Lipinski definition) is 12. The molecular formula is C38H46N3O12S3-. The molecule has 3 rings (SSSR count). The van der Waals surface area contributed by atoms with E-state index in [1.165, 1.54) is 64.9 Å². The Hall–Kier alpha value is -4.75. The van der Waals surface area contributed by atoms with Gasteiger partial charge in [-0.05, 0) is 60.2 Å². The number of benzene rings is 3. The summed E-state index contributed by atoms with van der Waals surface area (Å²) < 4.78 is 41.4. The Labute approximate surface area is 335 Å². The van der Waals surface area contributed by atoms with Crippen molar-refractivity contribution in [1.29, 1.82) is 0 Å². The van der Waals surface area contributed by atoms with Crippen molar-refractivity contribution < 1.29 is 57.5 Å². The summed E-state index contributed by atoms with van der Waals surface area (Å²) in [5, 5.41) is 21.1. The Kier molecular flexibility index (Phi) is 19.6. The molecule has 0 unspecified atom stereocenters. The molecule has 3 aromatic carbocycles. The van der Waals surface area contributed by atoms with E-state index in [4.69, 9.17) is 17.4 Å². The highest BCUT2D eigenvalue weighted by molar-refractivity contribution is 8.76. The number of nitrogens with one attached hydrogen (secondary N) is 2. The smallest absolute Gasteiger partial charge is 0.446 e. The fourth-order valence-corrected chi connectivity index (χ4v) is 7.85. The lowest BCUT2D eigenvalue weighted by molar-refractivity contribution is -0.144. The van der Waals surface area contributed by atoms with Crippen LogP contribution in [-0.4, -0.2) is 82.4 Å². The number of carboxylic acids is 1. The van der Waals surface area contributed by atoms with Gasteiger partial charge in [-0.3, -0.25) is 23.7 Å². The van der Waals surface area contributed by atoms with Crippen LogP contribution in [-0.2, 0) is 58.4 Å². The number of ketones is 2. The molecule has 0 aromatic heterocycles. The van der Waals surface area contributed by atoms with Gasteiger partial charge in [-0.2, -0.15) is 8.42 Å². The molecule has 5 atom stereocenters. The molecule has 0 saturated carbocycles. The minimum atomic E-state index is -4.61. The Morgan fingerprint density at radius 3 is 1.91 bits per heavy atom. The zero-order valence-corrected chi connectivity index (χ0v) is 33.1. The lowest BCUT2D eigenvalue weighted by Crippen LogP contribution is -2.36. The highest BCUT2D eigenvalue weighted by atomic mass is 33.1. The maximum atomic E-state index is 12.4. The summed E-state index contributed by atoms with van der Waals surface area (Å²) in [6.07, 6.45) is -0.487. The van der Waals surface area contributed by atoms with Crippen LogP contribution in [0.5, 0.6) is 11.5 Å². The van der Waals surface area contributed by atoms with Gasteiger partial charge in [0.25, 0.3) is 0 Å². The number of aliphatic carboxylic acids is 1. The van der Waals surface area contributed by atoms with Crippen molar-refractivity contribution in [2.45, 2.75) is 58.0 Å². The number of carboxylic acid groups (broad SMARTS) is 1. The second-order valence-electron chi connectivity index (χ2n) is 12.8. The summed E-state index contributed by atoms with van der Waals surface area (Å²) in [6, 6.07) is 19.0. The molecule has 0 aliphatic rings. The number of phenols is 1. The number of primary amides is 1. The molecule has 15 nitrogen and oxygen atoms in total. The van der Waals surface area contributed by atoms with Crippen LogP contribution in [0.15, 0.2) is 78.9 Å². The van der Waals surface area contributed by atoms with Gasteiger partial charge in [0.1, 0.15) is 30.7 Å². The van der Waals surface area contributed by atoms with Gasteiger partial charge in [-0.15, -0.1) is 0 Å². The molecule has 56 heavy (non-hydrogen) atoms. The molecule has 304 valence electrons. The molecule has 0 bridgehead atoms. The molecule has 0 saturated heterocycles. The van der Waals surface area contributed by atoms with E-state index in [0.717, 1.165) is 11.1 Å². The van der Waals surface area contributed by atoms with Crippen LogP contribution in [0.2, 0.25) is 0 Å². The first-order chi connectivity index (χ1) is 26.7. The number of hydrogen-bond donors (Lipinski definition) is 5. The lowest BCUT2D eigenvalue weighted by Gasteiger charge is -2.21. The van der Waals surface area contributed by atoms with Crippen LogP contribution in [0.25, 0.3) is 5.73 Å². The van der Waals surface area contributed by atoms with E-state index in [1.807, 2.05) is 30.3 Å². The number of phenolic OH excluding ortho intramolecular Hbond substituents is 1. The number of carbonyl (C=O) groups excluding carboxylic acids is 5. The Bertz CT molecular complexity index is 1920. The summed E-state index contributed by atoms with van der Waals surface area (Å²) in [5.41, 5.74) is 15.7. The van der Waals surface area contributed by atoms with E-state index >= 15 is 0 Å². The number of amides is 2. The van der Waals surface area contributed by atoms with Gasteiger partial charge >= 0.3 is 16.4 Å². The van der Waals surface area contributed by atoms with E-state index < -0.39 is 64.1 Å². The van der Waals surface area contributed by atoms with E-state index in [9.17, 15) is 47.4 Å². The third-order valence-corrected chi connectivity index (χ3v) is 11.0. The molecule has 0 radical (unpaired) electrons. The van der Waals surface area contributed by atoms with Gasteiger partial charge < -0.3 is 40.8 Å². The van der Waals surface area contributed by atoms with Gasteiger partial charge in [0, 0.05) is 43.1 Å². The van der Waals surface area contributed by atoms with Crippen LogP contribution in [0, 0.1) is 17.8 Å². The van der Waals surface area contributed by atoms with Gasteiger partial charge in [0.05, 0.1) is 12.0 Å². The van der Waals surface area contributed by atoms with Crippen molar-refractivity contribution in [2.75, 3.05) is 11.5 Å². The van der Waals surface area contributed by atoms with Gasteiger partial charge in [0.2, 0.25) is 11.8 Å². The molecular weight excluding hydrogens is 787 g/mol. The molecule has 0 spiro atoms. The van der Waals surface area contributed by atoms with Gasteiger partial charge in [-0.1, -0.05) is 89.2 Å². The average molecular weight is 834 g/mol. The minimum absolute atomic E-state index is 0.0851.